The minimum atomic E-state index is -4.38. The maximum atomic E-state index is 11.5. The molecule has 0 atom stereocenters. The van der Waals surface area contributed by atoms with E-state index in [0.717, 1.165) is 0 Å². The molecule has 2 aromatic carbocycles. The molecule has 4 N–H and O–H groups in total. The molecule has 0 aliphatic carbocycles. The van der Waals surface area contributed by atoms with Gasteiger partial charge >= 0.3 is 0 Å². The van der Waals surface area contributed by atoms with Crippen molar-refractivity contribution in [3.05, 3.63) is 36.4 Å². The van der Waals surface area contributed by atoms with Gasteiger partial charge in [0.1, 0.15) is 4.90 Å². The van der Waals surface area contributed by atoms with Gasteiger partial charge in [0.05, 0.1) is 5.69 Å². The van der Waals surface area contributed by atoms with E-state index in [0.29, 0.717) is 10.8 Å². The number of nitrogens with two attached hydrogens (primary N) is 1. The molecule has 2 rings (SSSR count). The minimum Gasteiger partial charge on any atom is -0.376 e. The Hall–Kier alpha value is -1.70. The highest BCUT2D eigenvalue weighted by Crippen LogP contribution is 2.30. The van der Waals surface area contributed by atoms with E-state index in [1.54, 1.807) is 30.3 Å². The molecule has 0 amide bonds. The van der Waals surface area contributed by atoms with Crippen LogP contribution in [0.5, 0.6) is 0 Å². The van der Waals surface area contributed by atoms with E-state index < -0.39 is 10.1 Å². The molecule has 0 aromatic heterocycles. The zero-order chi connectivity index (χ0) is 13.3. The van der Waals surface area contributed by atoms with Gasteiger partial charge in [0, 0.05) is 5.39 Å². The van der Waals surface area contributed by atoms with Crippen molar-refractivity contribution in [1.29, 1.82) is 0 Å². The van der Waals surface area contributed by atoms with Crippen LogP contribution in [0.4, 0.5) is 5.69 Å². The number of nitrogens with one attached hydrogen (secondary N) is 1. The molecule has 0 spiro atoms. The molecule has 0 unspecified atom stereocenters. The summed E-state index contributed by atoms with van der Waals surface area (Å²) in [7, 11) is -4.38. The van der Waals surface area contributed by atoms with E-state index in [2.05, 4.69) is 17.5 Å². The monoisotopic (exact) mass is 282 g/mol. The molecule has 0 saturated carbocycles. The van der Waals surface area contributed by atoms with Gasteiger partial charge in [-0.3, -0.25) is 4.55 Å². The topological polar surface area (TPSA) is 92.4 Å². The van der Waals surface area contributed by atoms with Gasteiger partial charge in [0.15, 0.2) is 5.11 Å². The van der Waals surface area contributed by atoms with Crippen molar-refractivity contribution in [1.82, 2.24) is 0 Å². The lowest BCUT2D eigenvalue weighted by Crippen LogP contribution is -2.20. The molecule has 0 fully saturated rings. The number of hydrogen-bond acceptors (Lipinski definition) is 3. The van der Waals surface area contributed by atoms with Crippen molar-refractivity contribution >= 4 is 43.9 Å². The average Bonchev–Trinajstić information content (AvgIpc) is 2.26. The van der Waals surface area contributed by atoms with Crippen LogP contribution < -0.4 is 11.1 Å². The number of anilines is 1. The molecular weight excluding hydrogens is 272 g/mol. The third-order valence-electron chi connectivity index (χ3n) is 2.40. The van der Waals surface area contributed by atoms with Gasteiger partial charge in [-0.25, -0.2) is 0 Å². The summed E-state index contributed by atoms with van der Waals surface area (Å²) in [5, 5.41) is 3.57. The summed E-state index contributed by atoms with van der Waals surface area (Å²) >= 11 is 4.67. The van der Waals surface area contributed by atoms with Gasteiger partial charge in [-0.15, -0.1) is 0 Å². The summed E-state index contributed by atoms with van der Waals surface area (Å²) in [6, 6.07) is 10.0. The van der Waals surface area contributed by atoms with Crippen molar-refractivity contribution in [2.45, 2.75) is 4.90 Å². The molecule has 2 aromatic rings. The Morgan fingerprint density at radius 3 is 2.50 bits per heavy atom. The molecule has 5 nitrogen and oxygen atoms in total. The summed E-state index contributed by atoms with van der Waals surface area (Å²) < 4.78 is 32.3. The fourth-order valence-electron chi connectivity index (χ4n) is 1.75. The van der Waals surface area contributed by atoms with Crippen molar-refractivity contribution in [2.75, 3.05) is 5.32 Å². The molecule has 0 aliphatic heterocycles. The maximum absolute atomic E-state index is 11.5. The molecule has 94 valence electrons. The highest BCUT2D eigenvalue weighted by atomic mass is 32.2. The number of thiocarbonyl (C=S) groups is 1. The Morgan fingerprint density at radius 1 is 1.22 bits per heavy atom. The summed E-state index contributed by atoms with van der Waals surface area (Å²) in [5.41, 5.74) is 5.48. The largest absolute Gasteiger partial charge is 0.376 e. The van der Waals surface area contributed by atoms with Crippen LogP contribution in [-0.2, 0) is 10.1 Å². The summed E-state index contributed by atoms with van der Waals surface area (Å²) in [4.78, 5) is -0.228. The predicted molar refractivity (Wildman–Crippen MR) is 74.2 cm³/mol. The predicted octanol–water partition coefficient (Wildman–Crippen LogP) is 1.74. The molecule has 0 radical (unpaired) electrons. The van der Waals surface area contributed by atoms with E-state index >= 15 is 0 Å². The van der Waals surface area contributed by atoms with Gasteiger partial charge in [0.25, 0.3) is 10.1 Å². The fourth-order valence-corrected chi connectivity index (χ4v) is 2.72. The second kappa shape index (κ2) is 4.52. The van der Waals surface area contributed by atoms with Crippen LogP contribution in [0.1, 0.15) is 0 Å². The van der Waals surface area contributed by atoms with Crippen molar-refractivity contribution in [2.24, 2.45) is 5.73 Å². The van der Waals surface area contributed by atoms with E-state index in [4.69, 9.17) is 5.73 Å². The van der Waals surface area contributed by atoms with Crippen LogP contribution in [0.2, 0.25) is 0 Å². The Labute approximate surface area is 109 Å². The van der Waals surface area contributed by atoms with E-state index in [-0.39, 0.29) is 15.7 Å². The van der Waals surface area contributed by atoms with Crippen molar-refractivity contribution < 1.29 is 13.0 Å². The molecule has 18 heavy (non-hydrogen) atoms. The molecular formula is C11H10N2O3S2. The number of hydrogen-bond donors (Lipinski definition) is 3. The van der Waals surface area contributed by atoms with Gasteiger partial charge in [-0.2, -0.15) is 8.42 Å². The van der Waals surface area contributed by atoms with Crippen molar-refractivity contribution in [3.63, 3.8) is 0 Å². The van der Waals surface area contributed by atoms with Crippen LogP contribution in [0.15, 0.2) is 41.3 Å². The van der Waals surface area contributed by atoms with Crippen LogP contribution >= 0.6 is 12.2 Å². The summed E-state index contributed by atoms with van der Waals surface area (Å²) in [5.74, 6) is 0. The Bertz CT molecular complexity index is 726. The van der Waals surface area contributed by atoms with Gasteiger partial charge in [-0.1, -0.05) is 30.3 Å². The number of rotatable bonds is 2. The third kappa shape index (κ3) is 2.42. The second-order valence-corrected chi connectivity index (χ2v) is 5.43. The van der Waals surface area contributed by atoms with Gasteiger partial charge < -0.3 is 11.1 Å². The van der Waals surface area contributed by atoms with Crippen molar-refractivity contribution in [3.8, 4) is 0 Å². The van der Waals surface area contributed by atoms with Crippen LogP contribution in [0.3, 0.4) is 0 Å². The first-order chi connectivity index (χ1) is 8.39. The van der Waals surface area contributed by atoms with Crippen LogP contribution in [0.25, 0.3) is 10.8 Å². The van der Waals surface area contributed by atoms with E-state index in [1.807, 2.05) is 0 Å². The molecule has 0 saturated heterocycles. The quantitative estimate of drug-likeness (QED) is 0.574. The zero-order valence-electron chi connectivity index (χ0n) is 9.12. The fraction of sp³-hybridized carbons (Fsp3) is 0. The molecule has 0 heterocycles. The van der Waals surface area contributed by atoms with Gasteiger partial charge in [-0.05, 0) is 23.7 Å². The molecule has 7 heteroatoms. The molecule has 0 bridgehead atoms. The molecule has 0 aliphatic rings. The minimum absolute atomic E-state index is 0.0739. The highest BCUT2D eigenvalue weighted by Gasteiger charge is 2.19. The van der Waals surface area contributed by atoms with Gasteiger partial charge in [0.2, 0.25) is 0 Å². The highest BCUT2D eigenvalue weighted by molar-refractivity contribution is 7.86. The van der Waals surface area contributed by atoms with Crippen LogP contribution in [-0.4, -0.2) is 18.1 Å². The lowest BCUT2D eigenvalue weighted by molar-refractivity contribution is 0.484. The van der Waals surface area contributed by atoms with Crippen LogP contribution in [0, 0.1) is 0 Å². The Morgan fingerprint density at radius 2 is 1.89 bits per heavy atom. The van der Waals surface area contributed by atoms with E-state index in [1.165, 1.54) is 6.07 Å². The maximum Gasteiger partial charge on any atom is 0.297 e. The standard InChI is InChI=1S/C11H10N2O3S2/c12-11(17)13-9-6-5-7-3-1-2-4-8(7)10(9)18(14,15)16/h1-6H,(H3,12,13,17)(H,14,15,16). The smallest absolute Gasteiger partial charge is 0.297 e. The lowest BCUT2D eigenvalue weighted by atomic mass is 10.1. The SMILES string of the molecule is NC(=S)Nc1ccc2ccccc2c1S(=O)(=O)O. The Balaban J connectivity index is 2.84. The first-order valence-electron chi connectivity index (χ1n) is 4.95. The third-order valence-corrected chi connectivity index (χ3v) is 3.45. The number of benzene rings is 2. The number of fused-ring (bicyclic) bond motifs is 1. The second-order valence-electron chi connectivity index (χ2n) is 3.63. The Kier molecular flexibility index (Phi) is 3.20. The zero-order valence-corrected chi connectivity index (χ0v) is 10.8. The van der Waals surface area contributed by atoms with E-state index in [9.17, 15) is 13.0 Å². The summed E-state index contributed by atoms with van der Waals surface area (Å²) in [6.45, 7) is 0. The normalized spacial score (nSPS) is 11.4. The first kappa shape index (κ1) is 12.7. The summed E-state index contributed by atoms with van der Waals surface area (Å²) in [6.07, 6.45) is 0. The average molecular weight is 282 g/mol. The lowest BCUT2D eigenvalue weighted by Gasteiger charge is -2.11. The first-order valence-corrected chi connectivity index (χ1v) is 6.80.